The van der Waals surface area contributed by atoms with Gasteiger partial charge in [-0.25, -0.2) is 9.78 Å². The molecule has 1 aliphatic rings. The average molecular weight is 281 g/mol. The van der Waals surface area contributed by atoms with Crippen LogP contribution in [0.25, 0.3) is 0 Å². The summed E-state index contributed by atoms with van der Waals surface area (Å²) in [7, 11) is 1.72. The maximum atomic E-state index is 11.9. The van der Waals surface area contributed by atoms with E-state index < -0.39 is 5.97 Å². The van der Waals surface area contributed by atoms with Crippen LogP contribution in [0.2, 0.25) is 0 Å². The van der Waals surface area contributed by atoms with Crippen molar-refractivity contribution in [2.24, 2.45) is 0 Å². The maximum absolute atomic E-state index is 11.9. The molecule has 0 unspecified atom stereocenters. The van der Waals surface area contributed by atoms with E-state index in [1.165, 1.54) is 0 Å². The van der Waals surface area contributed by atoms with Crippen molar-refractivity contribution in [3.8, 4) is 0 Å². The number of nitrogens with zero attached hydrogens (tertiary/aromatic N) is 1. The SMILES string of the molecule is CCOC(=O)c1oc(CC2(OC)CCC2)nc1C(C)C. The van der Waals surface area contributed by atoms with Gasteiger partial charge >= 0.3 is 5.97 Å². The summed E-state index contributed by atoms with van der Waals surface area (Å²) >= 11 is 0. The molecule has 0 amide bonds. The van der Waals surface area contributed by atoms with Gasteiger partial charge in [-0.3, -0.25) is 0 Å². The van der Waals surface area contributed by atoms with Crippen molar-refractivity contribution in [2.45, 2.75) is 58.0 Å². The predicted octanol–water partition coefficient (Wildman–Crippen LogP) is 3.09. The van der Waals surface area contributed by atoms with Crippen LogP contribution in [0.4, 0.5) is 0 Å². The summed E-state index contributed by atoms with van der Waals surface area (Å²) < 4.78 is 16.3. The van der Waals surface area contributed by atoms with E-state index in [-0.39, 0.29) is 17.3 Å². The average Bonchev–Trinajstić information content (AvgIpc) is 2.78. The molecule has 1 aromatic heterocycles. The minimum atomic E-state index is -0.435. The third kappa shape index (κ3) is 2.87. The topological polar surface area (TPSA) is 61.6 Å². The molecule has 5 heteroatoms. The van der Waals surface area contributed by atoms with Crippen molar-refractivity contribution in [3.05, 3.63) is 17.3 Å². The Balaban J connectivity index is 2.22. The first kappa shape index (κ1) is 15.0. The number of ether oxygens (including phenoxy) is 2. The minimum Gasteiger partial charge on any atom is -0.460 e. The Morgan fingerprint density at radius 3 is 2.60 bits per heavy atom. The third-order valence-corrected chi connectivity index (χ3v) is 3.88. The van der Waals surface area contributed by atoms with E-state index in [4.69, 9.17) is 13.9 Å². The standard InChI is InChI=1S/C15H23NO4/c1-5-19-14(17)13-12(10(2)3)16-11(20-13)9-15(18-4)7-6-8-15/h10H,5-9H2,1-4H3. The zero-order chi connectivity index (χ0) is 14.8. The van der Waals surface area contributed by atoms with Crippen molar-refractivity contribution >= 4 is 5.97 Å². The molecule has 20 heavy (non-hydrogen) atoms. The monoisotopic (exact) mass is 281 g/mol. The van der Waals surface area contributed by atoms with E-state index in [1.807, 2.05) is 13.8 Å². The first-order valence-electron chi connectivity index (χ1n) is 7.23. The van der Waals surface area contributed by atoms with Gasteiger partial charge in [-0.05, 0) is 32.1 Å². The van der Waals surface area contributed by atoms with Gasteiger partial charge in [-0.1, -0.05) is 13.8 Å². The first-order chi connectivity index (χ1) is 9.51. The van der Waals surface area contributed by atoms with Crippen LogP contribution >= 0.6 is 0 Å². The Kier molecular flexibility index (Phi) is 4.48. The van der Waals surface area contributed by atoms with Gasteiger partial charge in [0.05, 0.1) is 24.3 Å². The van der Waals surface area contributed by atoms with Crippen molar-refractivity contribution in [1.82, 2.24) is 4.98 Å². The van der Waals surface area contributed by atoms with Gasteiger partial charge < -0.3 is 13.9 Å². The number of oxazole rings is 1. The second-order valence-electron chi connectivity index (χ2n) is 5.61. The number of hydrogen-bond acceptors (Lipinski definition) is 5. The number of carbonyl (C=O) groups excluding carboxylic acids is 1. The molecular formula is C15H23NO4. The van der Waals surface area contributed by atoms with Gasteiger partial charge in [0.2, 0.25) is 5.76 Å². The summed E-state index contributed by atoms with van der Waals surface area (Å²) in [5, 5.41) is 0. The number of esters is 1. The van der Waals surface area contributed by atoms with Crippen molar-refractivity contribution in [2.75, 3.05) is 13.7 Å². The molecule has 1 fully saturated rings. The molecule has 1 aliphatic carbocycles. The molecule has 0 atom stereocenters. The summed E-state index contributed by atoms with van der Waals surface area (Å²) in [5.41, 5.74) is 0.509. The van der Waals surface area contributed by atoms with Crippen LogP contribution in [0, 0.1) is 0 Å². The molecule has 5 nitrogen and oxygen atoms in total. The fourth-order valence-electron chi connectivity index (χ4n) is 2.49. The van der Waals surface area contributed by atoms with Crippen molar-refractivity contribution < 1.29 is 18.7 Å². The van der Waals surface area contributed by atoms with Crippen LogP contribution in [0.5, 0.6) is 0 Å². The molecule has 0 aromatic carbocycles. The molecule has 1 heterocycles. The summed E-state index contributed by atoms with van der Waals surface area (Å²) in [4.78, 5) is 16.4. The molecule has 1 saturated carbocycles. The van der Waals surface area contributed by atoms with Gasteiger partial charge in [0.1, 0.15) is 0 Å². The molecule has 1 aromatic rings. The Labute approximate surface area is 119 Å². The summed E-state index contributed by atoms with van der Waals surface area (Å²) in [6.45, 7) is 6.08. The molecule has 0 radical (unpaired) electrons. The lowest BCUT2D eigenvalue weighted by Crippen LogP contribution is -2.41. The van der Waals surface area contributed by atoms with Crippen LogP contribution in [0.3, 0.4) is 0 Å². The third-order valence-electron chi connectivity index (χ3n) is 3.88. The number of hydrogen-bond donors (Lipinski definition) is 0. The molecule has 0 aliphatic heterocycles. The van der Waals surface area contributed by atoms with E-state index >= 15 is 0 Å². The normalized spacial score (nSPS) is 17.1. The van der Waals surface area contributed by atoms with Gasteiger partial charge in [0.25, 0.3) is 0 Å². The Morgan fingerprint density at radius 1 is 1.45 bits per heavy atom. The van der Waals surface area contributed by atoms with Crippen molar-refractivity contribution in [1.29, 1.82) is 0 Å². The highest BCUT2D eigenvalue weighted by Gasteiger charge is 2.39. The smallest absolute Gasteiger partial charge is 0.376 e. The van der Waals surface area contributed by atoms with E-state index in [9.17, 15) is 4.79 Å². The quantitative estimate of drug-likeness (QED) is 0.750. The first-order valence-corrected chi connectivity index (χ1v) is 7.23. The van der Waals surface area contributed by atoms with Crippen molar-refractivity contribution in [3.63, 3.8) is 0 Å². The highest BCUT2D eigenvalue weighted by molar-refractivity contribution is 5.87. The molecular weight excluding hydrogens is 258 g/mol. The molecule has 0 saturated heterocycles. The Hall–Kier alpha value is -1.36. The molecule has 2 rings (SSSR count). The van der Waals surface area contributed by atoms with Crippen LogP contribution in [0.1, 0.15) is 68.1 Å². The van der Waals surface area contributed by atoms with Crippen LogP contribution < -0.4 is 0 Å². The maximum Gasteiger partial charge on any atom is 0.376 e. The highest BCUT2D eigenvalue weighted by atomic mass is 16.5. The zero-order valence-electron chi connectivity index (χ0n) is 12.7. The number of rotatable bonds is 6. The van der Waals surface area contributed by atoms with E-state index in [0.29, 0.717) is 24.6 Å². The van der Waals surface area contributed by atoms with Gasteiger partial charge in [0.15, 0.2) is 5.89 Å². The number of methoxy groups -OCH3 is 1. The zero-order valence-corrected chi connectivity index (χ0v) is 12.7. The molecule has 0 N–H and O–H groups in total. The van der Waals surface area contributed by atoms with Crippen LogP contribution in [0.15, 0.2) is 4.42 Å². The summed E-state index contributed by atoms with van der Waals surface area (Å²) in [5.74, 6) is 0.488. The van der Waals surface area contributed by atoms with Crippen LogP contribution in [-0.4, -0.2) is 30.3 Å². The highest BCUT2D eigenvalue weighted by Crippen LogP contribution is 2.38. The summed E-state index contributed by atoms with van der Waals surface area (Å²) in [6.07, 6.45) is 3.80. The lowest BCUT2D eigenvalue weighted by atomic mass is 9.77. The predicted molar refractivity (Wildman–Crippen MR) is 73.8 cm³/mol. The van der Waals surface area contributed by atoms with E-state index in [2.05, 4.69) is 4.98 Å². The fraction of sp³-hybridized carbons (Fsp3) is 0.733. The second kappa shape index (κ2) is 5.95. The summed E-state index contributed by atoms with van der Waals surface area (Å²) in [6, 6.07) is 0. The van der Waals surface area contributed by atoms with E-state index in [0.717, 1.165) is 19.3 Å². The lowest BCUT2D eigenvalue weighted by molar-refractivity contribution is -0.0747. The fourth-order valence-corrected chi connectivity index (χ4v) is 2.49. The van der Waals surface area contributed by atoms with E-state index in [1.54, 1.807) is 14.0 Å². The Bertz CT molecular complexity index is 469. The Morgan fingerprint density at radius 2 is 2.15 bits per heavy atom. The van der Waals surface area contributed by atoms with Crippen LogP contribution in [-0.2, 0) is 15.9 Å². The second-order valence-corrected chi connectivity index (χ2v) is 5.61. The number of aromatic nitrogens is 1. The molecule has 112 valence electrons. The van der Waals surface area contributed by atoms with Gasteiger partial charge in [0, 0.05) is 7.11 Å². The largest absolute Gasteiger partial charge is 0.460 e. The van der Waals surface area contributed by atoms with Gasteiger partial charge in [-0.15, -0.1) is 0 Å². The molecule has 0 spiro atoms. The number of carbonyl (C=O) groups is 1. The molecule has 0 bridgehead atoms. The van der Waals surface area contributed by atoms with Gasteiger partial charge in [-0.2, -0.15) is 0 Å². The minimum absolute atomic E-state index is 0.117. The lowest BCUT2D eigenvalue weighted by Gasteiger charge is -2.39.